The van der Waals surface area contributed by atoms with E-state index in [9.17, 15) is 9.59 Å². The lowest BCUT2D eigenvalue weighted by Gasteiger charge is -2.21. The van der Waals surface area contributed by atoms with Crippen LogP contribution in [0.25, 0.3) is 0 Å². The Morgan fingerprint density at radius 1 is 1.53 bits per heavy atom. The summed E-state index contributed by atoms with van der Waals surface area (Å²) in [4.78, 5) is 21.6. The molecule has 0 aromatic heterocycles. The maximum Gasteiger partial charge on any atom is 0.307 e. The maximum atomic E-state index is 11.4. The predicted molar refractivity (Wildman–Crippen MR) is 61.6 cm³/mol. The molecule has 0 bridgehead atoms. The number of rotatable bonds is 6. The van der Waals surface area contributed by atoms with Gasteiger partial charge >= 0.3 is 5.97 Å². The molecule has 0 aromatic carbocycles. The highest BCUT2D eigenvalue weighted by Crippen LogP contribution is 2.10. The Morgan fingerprint density at radius 3 is 2.53 bits per heavy atom. The van der Waals surface area contributed by atoms with E-state index in [1.54, 1.807) is 0 Å². The molecule has 0 radical (unpaired) electrons. The quantitative estimate of drug-likeness (QED) is 0.399. The third-order valence-corrected chi connectivity index (χ3v) is 1.82. The van der Waals surface area contributed by atoms with Crippen LogP contribution in [0.5, 0.6) is 0 Å². The average molecular weight is 213 g/mol. The minimum absolute atomic E-state index is 0.0186. The highest BCUT2D eigenvalue weighted by molar-refractivity contribution is 6.64. The molecule has 0 heterocycles. The number of hydrogen-bond acceptors (Lipinski definition) is 4. The molecule has 1 N–H and O–H groups in total. The first kappa shape index (κ1) is 14.2. The fourth-order valence-corrected chi connectivity index (χ4v) is 1.16. The molecule has 1 atom stereocenters. The number of hydrogen-bond donors (Lipinski definition) is 1. The van der Waals surface area contributed by atoms with Crippen molar-refractivity contribution in [1.82, 2.24) is 5.23 Å². The Balaban J connectivity index is 3.95. The van der Waals surface area contributed by atoms with Gasteiger partial charge in [-0.25, -0.2) is 0 Å². The van der Waals surface area contributed by atoms with Crippen LogP contribution in [0.2, 0.25) is 0 Å². The molecule has 5 heteroatoms. The molecule has 0 aromatic rings. The highest BCUT2D eigenvalue weighted by Gasteiger charge is 2.19. The van der Waals surface area contributed by atoms with Gasteiger partial charge in [-0.3, -0.25) is 4.79 Å². The summed E-state index contributed by atoms with van der Waals surface area (Å²) < 4.78 is 5.18. The minimum atomic E-state index is -0.444. The van der Waals surface area contributed by atoms with Gasteiger partial charge < -0.3 is 14.8 Å². The summed E-state index contributed by atoms with van der Waals surface area (Å²) in [6.07, 6.45) is 1.90. The van der Waals surface area contributed by atoms with Gasteiger partial charge in [0, 0.05) is 6.04 Å². The van der Waals surface area contributed by atoms with Gasteiger partial charge in [0.15, 0.2) is 0 Å². The topological polar surface area (TPSA) is 55.4 Å². The van der Waals surface area contributed by atoms with Crippen LogP contribution < -0.4 is 5.23 Å². The van der Waals surface area contributed by atoms with Gasteiger partial charge in [-0.05, 0) is 27.2 Å². The summed E-state index contributed by atoms with van der Waals surface area (Å²) in [5.74, 6) is -0.229. The lowest BCUT2D eigenvalue weighted by Crippen LogP contribution is -2.36. The van der Waals surface area contributed by atoms with Crippen LogP contribution >= 0.6 is 0 Å². The summed E-state index contributed by atoms with van der Waals surface area (Å²) in [5.41, 5.74) is -0.444. The van der Waals surface area contributed by atoms with Crippen LogP contribution in [0.1, 0.15) is 40.5 Å². The molecule has 4 nitrogen and oxygen atoms in total. The second kappa shape index (κ2) is 6.61. The Bertz CT molecular complexity index is 213. The Morgan fingerprint density at radius 2 is 2.13 bits per heavy atom. The SMILES string of the molecule is CC[C@H](CC(=O)OC(C)(C)C)NBC=O. The molecule has 0 aliphatic carbocycles. The van der Waals surface area contributed by atoms with E-state index in [1.165, 1.54) is 0 Å². The lowest BCUT2D eigenvalue weighted by molar-refractivity contribution is -0.155. The molecule has 15 heavy (non-hydrogen) atoms. The van der Waals surface area contributed by atoms with Crippen molar-refractivity contribution >= 4 is 19.6 Å². The van der Waals surface area contributed by atoms with Gasteiger partial charge in [0.1, 0.15) is 5.60 Å². The Kier molecular flexibility index (Phi) is 6.24. The lowest BCUT2D eigenvalue weighted by atomic mass is 9.95. The van der Waals surface area contributed by atoms with Crippen molar-refractivity contribution in [2.24, 2.45) is 0 Å². The second-order valence-electron chi connectivity index (χ2n) is 4.47. The fourth-order valence-electron chi connectivity index (χ4n) is 1.16. The van der Waals surface area contributed by atoms with Crippen molar-refractivity contribution in [3.63, 3.8) is 0 Å². The molecule has 0 aliphatic rings. The highest BCUT2D eigenvalue weighted by atomic mass is 16.6. The second-order valence-corrected chi connectivity index (χ2v) is 4.47. The van der Waals surface area contributed by atoms with E-state index in [-0.39, 0.29) is 19.4 Å². The molecule has 0 rings (SSSR count). The van der Waals surface area contributed by atoms with Crippen LogP contribution in [-0.4, -0.2) is 31.2 Å². The monoisotopic (exact) mass is 213 g/mol. The van der Waals surface area contributed by atoms with Gasteiger partial charge in [-0.15, -0.1) is 0 Å². The van der Waals surface area contributed by atoms with Crippen LogP contribution in [-0.2, 0) is 14.3 Å². The third kappa shape index (κ3) is 8.18. The zero-order valence-electron chi connectivity index (χ0n) is 10.0. The molecule has 0 saturated carbocycles. The van der Waals surface area contributed by atoms with Gasteiger partial charge in [0.25, 0.3) is 7.41 Å². The van der Waals surface area contributed by atoms with Crippen molar-refractivity contribution < 1.29 is 14.3 Å². The van der Waals surface area contributed by atoms with Crippen molar-refractivity contribution in [1.29, 1.82) is 0 Å². The summed E-state index contributed by atoms with van der Waals surface area (Å²) in [7, 11) is 0.279. The Labute approximate surface area is 92.0 Å². The normalized spacial score (nSPS) is 13.1. The zero-order chi connectivity index (χ0) is 11.9. The predicted octanol–water partition coefficient (Wildman–Crippen LogP) is 0.628. The molecule has 0 spiro atoms. The summed E-state index contributed by atoms with van der Waals surface area (Å²) in [6, 6.07) is 0.0186. The maximum absolute atomic E-state index is 11.4. The molecule has 0 amide bonds. The van der Waals surface area contributed by atoms with Crippen molar-refractivity contribution in [2.75, 3.05) is 0 Å². The van der Waals surface area contributed by atoms with E-state index in [0.717, 1.165) is 12.6 Å². The molecule has 86 valence electrons. The summed E-state index contributed by atoms with van der Waals surface area (Å²) >= 11 is 0. The first-order valence-corrected chi connectivity index (χ1v) is 5.28. The van der Waals surface area contributed by atoms with Gasteiger partial charge in [0.2, 0.25) is 0 Å². The molecule has 0 fully saturated rings. The van der Waals surface area contributed by atoms with Gasteiger partial charge in [0.05, 0.1) is 12.6 Å². The third-order valence-electron chi connectivity index (χ3n) is 1.82. The van der Waals surface area contributed by atoms with Gasteiger partial charge in [-0.2, -0.15) is 0 Å². The number of esters is 1. The fraction of sp³-hybridized carbons (Fsp3) is 0.800. The zero-order valence-corrected chi connectivity index (χ0v) is 10.0. The first-order chi connectivity index (χ1) is 6.89. The summed E-state index contributed by atoms with van der Waals surface area (Å²) in [6.45, 7) is 7.48. The van der Waals surface area contributed by atoms with Crippen molar-refractivity contribution in [3.8, 4) is 0 Å². The smallest absolute Gasteiger partial charge is 0.307 e. The number of ether oxygens (including phenoxy) is 1. The molecule has 0 unspecified atom stereocenters. The minimum Gasteiger partial charge on any atom is -0.460 e. The number of carbonyl (C=O) groups excluding carboxylic acids is 2. The van der Waals surface area contributed by atoms with Crippen LogP contribution in [0.3, 0.4) is 0 Å². The largest absolute Gasteiger partial charge is 0.460 e. The molecular formula is C10H20BNO3. The average Bonchev–Trinajstić information content (AvgIpc) is 2.09. The Hall–Kier alpha value is -0.835. The van der Waals surface area contributed by atoms with Crippen LogP contribution in [0.4, 0.5) is 0 Å². The number of nitrogens with one attached hydrogen (secondary N) is 1. The van der Waals surface area contributed by atoms with Gasteiger partial charge in [-0.1, -0.05) is 6.92 Å². The van der Waals surface area contributed by atoms with E-state index >= 15 is 0 Å². The van der Waals surface area contributed by atoms with E-state index < -0.39 is 5.60 Å². The van der Waals surface area contributed by atoms with Crippen molar-refractivity contribution in [3.05, 3.63) is 0 Å². The van der Waals surface area contributed by atoms with E-state index in [2.05, 4.69) is 5.23 Å². The number of carbonyl (C=O) groups is 2. The standard InChI is InChI=1S/C10H20BNO3/c1-5-8(12-11-7-13)6-9(14)15-10(2,3)4/h7-8,11-12H,5-6H2,1-4H3/t8-/m1/s1. The van der Waals surface area contributed by atoms with Crippen LogP contribution in [0.15, 0.2) is 0 Å². The molecule has 0 aliphatic heterocycles. The van der Waals surface area contributed by atoms with Crippen LogP contribution in [0, 0.1) is 0 Å². The van der Waals surface area contributed by atoms with E-state index in [4.69, 9.17) is 4.74 Å². The summed E-state index contributed by atoms with van der Waals surface area (Å²) in [5, 5.41) is 2.97. The van der Waals surface area contributed by atoms with Crippen molar-refractivity contribution in [2.45, 2.75) is 52.2 Å². The van der Waals surface area contributed by atoms with E-state index in [0.29, 0.717) is 6.42 Å². The first-order valence-electron chi connectivity index (χ1n) is 5.28. The molecule has 0 saturated heterocycles. The molecular weight excluding hydrogens is 193 g/mol. The van der Waals surface area contributed by atoms with E-state index in [1.807, 2.05) is 27.7 Å².